The van der Waals surface area contributed by atoms with Gasteiger partial charge in [-0.05, 0) is 31.1 Å². The van der Waals surface area contributed by atoms with Crippen LogP contribution in [0.3, 0.4) is 0 Å². The standard InChI is InChI=1S/C20H27N5O4/c1-3-15-17-16(10-20(13-21-18(17)26)4-7-28-8-5-20)25(23-15)6-9-29-19(27)14-11-22-24(2)12-14/h11-12H,3-10,13H2,1-2H3,(H,21,26). The third-order valence-electron chi connectivity index (χ3n) is 5.89. The molecule has 0 atom stereocenters. The van der Waals surface area contributed by atoms with E-state index in [2.05, 4.69) is 15.5 Å². The summed E-state index contributed by atoms with van der Waals surface area (Å²) in [5.41, 5.74) is 2.83. The van der Waals surface area contributed by atoms with Gasteiger partial charge in [-0.25, -0.2) is 4.79 Å². The molecule has 2 aromatic rings. The summed E-state index contributed by atoms with van der Waals surface area (Å²) in [6.07, 6.45) is 6.38. The molecule has 4 rings (SSSR count). The van der Waals surface area contributed by atoms with Gasteiger partial charge in [-0.1, -0.05) is 6.92 Å². The monoisotopic (exact) mass is 401 g/mol. The fraction of sp³-hybridized carbons (Fsp3) is 0.600. The molecule has 9 nitrogen and oxygen atoms in total. The van der Waals surface area contributed by atoms with Gasteiger partial charge in [-0.2, -0.15) is 10.2 Å². The number of aryl methyl sites for hydroxylation is 2. The van der Waals surface area contributed by atoms with Gasteiger partial charge in [0.25, 0.3) is 5.91 Å². The predicted molar refractivity (Wildman–Crippen MR) is 104 cm³/mol. The highest BCUT2D eigenvalue weighted by molar-refractivity contribution is 5.97. The molecule has 1 amide bonds. The van der Waals surface area contributed by atoms with Gasteiger partial charge in [0.2, 0.25) is 0 Å². The van der Waals surface area contributed by atoms with Crippen LogP contribution in [0.1, 0.15) is 51.9 Å². The molecule has 0 saturated carbocycles. The highest BCUT2D eigenvalue weighted by Gasteiger charge is 2.39. The summed E-state index contributed by atoms with van der Waals surface area (Å²) in [7, 11) is 1.75. The van der Waals surface area contributed by atoms with Crippen LogP contribution in [-0.4, -0.2) is 57.8 Å². The highest BCUT2D eigenvalue weighted by Crippen LogP contribution is 2.37. The minimum Gasteiger partial charge on any atom is -0.460 e. The zero-order valence-electron chi connectivity index (χ0n) is 16.9. The molecule has 1 spiro atoms. The van der Waals surface area contributed by atoms with E-state index >= 15 is 0 Å². The van der Waals surface area contributed by atoms with Crippen LogP contribution in [0.4, 0.5) is 0 Å². The zero-order chi connectivity index (χ0) is 20.4. The van der Waals surface area contributed by atoms with Crippen molar-refractivity contribution in [1.82, 2.24) is 24.9 Å². The van der Waals surface area contributed by atoms with Gasteiger partial charge in [0.1, 0.15) is 6.61 Å². The molecule has 2 aromatic heterocycles. The number of ether oxygens (including phenoxy) is 2. The van der Waals surface area contributed by atoms with E-state index in [9.17, 15) is 9.59 Å². The van der Waals surface area contributed by atoms with Crippen molar-refractivity contribution in [3.05, 3.63) is 34.9 Å². The van der Waals surface area contributed by atoms with Gasteiger partial charge in [0, 0.05) is 33.0 Å². The lowest BCUT2D eigenvalue weighted by molar-refractivity contribution is 0.0150. The smallest absolute Gasteiger partial charge is 0.341 e. The van der Waals surface area contributed by atoms with Gasteiger partial charge in [-0.15, -0.1) is 0 Å². The van der Waals surface area contributed by atoms with Crippen LogP contribution in [-0.2, 0) is 35.9 Å². The first-order chi connectivity index (χ1) is 14.0. The molecule has 2 aliphatic heterocycles. The quantitative estimate of drug-likeness (QED) is 0.754. The lowest BCUT2D eigenvalue weighted by Gasteiger charge is -2.36. The van der Waals surface area contributed by atoms with E-state index in [1.165, 1.54) is 6.20 Å². The fourth-order valence-corrected chi connectivity index (χ4v) is 4.19. The first-order valence-electron chi connectivity index (χ1n) is 10.1. The topological polar surface area (TPSA) is 100 Å². The Labute approximate surface area is 169 Å². The molecule has 0 unspecified atom stereocenters. The fourth-order valence-electron chi connectivity index (χ4n) is 4.19. The number of hydrogen-bond acceptors (Lipinski definition) is 6. The third-order valence-corrected chi connectivity index (χ3v) is 5.89. The number of nitrogens with zero attached hydrogens (tertiary/aromatic N) is 4. The van der Waals surface area contributed by atoms with Crippen molar-refractivity contribution in [2.45, 2.75) is 39.2 Å². The SMILES string of the molecule is CCc1nn(CCOC(=O)c2cnn(C)c2)c2c1C(=O)NCC1(CCOCC1)C2. The van der Waals surface area contributed by atoms with Crippen molar-refractivity contribution in [1.29, 1.82) is 0 Å². The maximum Gasteiger partial charge on any atom is 0.341 e. The van der Waals surface area contributed by atoms with Crippen LogP contribution in [0, 0.1) is 5.41 Å². The van der Waals surface area contributed by atoms with Gasteiger partial charge in [0.15, 0.2) is 0 Å². The molecular formula is C20H27N5O4. The Morgan fingerprint density at radius 2 is 2.17 bits per heavy atom. The summed E-state index contributed by atoms with van der Waals surface area (Å²) >= 11 is 0. The number of esters is 1. The molecule has 0 radical (unpaired) electrons. The van der Waals surface area contributed by atoms with Crippen molar-refractivity contribution < 1.29 is 19.1 Å². The number of rotatable bonds is 5. The van der Waals surface area contributed by atoms with E-state index in [-0.39, 0.29) is 17.9 Å². The number of carbonyl (C=O) groups is 2. The molecular weight excluding hydrogens is 374 g/mol. The second-order valence-corrected chi connectivity index (χ2v) is 7.86. The van der Waals surface area contributed by atoms with E-state index in [1.807, 2.05) is 11.6 Å². The summed E-state index contributed by atoms with van der Waals surface area (Å²) in [5, 5.41) is 11.8. The first kappa shape index (κ1) is 19.6. The predicted octanol–water partition coefficient (Wildman–Crippen LogP) is 1.12. The van der Waals surface area contributed by atoms with Crippen LogP contribution in [0.2, 0.25) is 0 Å². The Morgan fingerprint density at radius 1 is 1.38 bits per heavy atom. The Kier molecular flexibility index (Phi) is 5.40. The van der Waals surface area contributed by atoms with Crippen molar-refractivity contribution in [3.63, 3.8) is 0 Å². The number of aromatic nitrogens is 4. The molecule has 1 N–H and O–H groups in total. The van der Waals surface area contributed by atoms with Crippen LogP contribution < -0.4 is 5.32 Å². The molecule has 0 bridgehead atoms. The molecule has 29 heavy (non-hydrogen) atoms. The van der Waals surface area contributed by atoms with Gasteiger partial charge < -0.3 is 14.8 Å². The number of amides is 1. The minimum atomic E-state index is -0.411. The molecule has 1 fully saturated rings. The van der Waals surface area contributed by atoms with E-state index in [4.69, 9.17) is 9.47 Å². The molecule has 4 heterocycles. The molecule has 2 aliphatic rings. The maximum atomic E-state index is 12.8. The van der Waals surface area contributed by atoms with Crippen molar-refractivity contribution in [2.75, 3.05) is 26.4 Å². The second-order valence-electron chi connectivity index (χ2n) is 7.86. The molecule has 0 aromatic carbocycles. The number of hydrogen-bond donors (Lipinski definition) is 1. The van der Waals surface area contributed by atoms with Crippen molar-refractivity contribution >= 4 is 11.9 Å². The third kappa shape index (κ3) is 3.91. The molecule has 1 saturated heterocycles. The van der Waals surface area contributed by atoms with E-state index in [0.717, 1.165) is 30.7 Å². The molecule has 0 aliphatic carbocycles. The van der Waals surface area contributed by atoms with E-state index in [0.29, 0.717) is 43.9 Å². The summed E-state index contributed by atoms with van der Waals surface area (Å²) in [5.74, 6) is -0.468. The Bertz CT molecular complexity index is 910. The van der Waals surface area contributed by atoms with Crippen molar-refractivity contribution in [2.24, 2.45) is 12.5 Å². The van der Waals surface area contributed by atoms with Gasteiger partial charge in [-0.3, -0.25) is 14.2 Å². The second kappa shape index (κ2) is 7.98. The van der Waals surface area contributed by atoms with Crippen LogP contribution >= 0.6 is 0 Å². The van der Waals surface area contributed by atoms with Crippen LogP contribution in [0.5, 0.6) is 0 Å². The minimum absolute atomic E-state index is 0.00562. The molecule has 9 heteroatoms. The summed E-state index contributed by atoms with van der Waals surface area (Å²) in [6, 6.07) is 0. The van der Waals surface area contributed by atoms with Crippen molar-refractivity contribution in [3.8, 4) is 0 Å². The lowest BCUT2D eigenvalue weighted by Crippen LogP contribution is -2.40. The van der Waals surface area contributed by atoms with Crippen LogP contribution in [0.25, 0.3) is 0 Å². The molecule has 156 valence electrons. The summed E-state index contributed by atoms with van der Waals surface area (Å²) < 4.78 is 14.4. The summed E-state index contributed by atoms with van der Waals surface area (Å²) in [4.78, 5) is 25.0. The zero-order valence-corrected chi connectivity index (χ0v) is 16.9. The summed E-state index contributed by atoms with van der Waals surface area (Å²) in [6.45, 7) is 4.67. The Morgan fingerprint density at radius 3 is 2.86 bits per heavy atom. The number of carbonyl (C=O) groups excluding carboxylic acids is 2. The highest BCUT2D eigenvalue weighted by atomic mass is 16.5. The Hall–Kier alpha value is -2.68. The normalized spacial score (nSPS) is 18.2. The van der Waals surface area contributed by atoms with E-state index < -0.39 is 5.97 Å². The van der Waals surface area contributed by atoms with Gasteiger partial charge >= 0.3 is 5.97 Å². The van der Waals surface area contributed by atoms with Gasteiger partial charge in [0.05, 0.1) is 35.3 Å². The number of fused-ring (bicyclic) bond motifs is 1. The first-order valence-corrected chi connectivity index (χ1v) is 10.1. The lowest BCUT2D eigenvalue weighted by atomic mass is 9.76. The van der Waals surface area contributed by atoms with E-state index in [1.54, 1.807) is 17.9 Å². The number of nitrogens with one attached hydrogen (secondary N) is 1. The largest absolute Gasteiger partial charge is 0.460 e. The Balaban J connectivity index is 1.53. The average Bonchev–Trinajstić information content (AvgIpc) is 3.27. The average molecular weight is 401 g/mol. The van der Waals surface area contributed by atoms with Crippen LogP contribution in [0.15, 0.2) is 12.4 Å². The maximum absolute atomic E-state index is 12.8.